The van der Waals surface area contributed by atoms with Gasteiger partial charge in [0.05, 0.1) is 11.0 Å². The number of aromatic nitrogens is 1. The Morgan fingerprint density at radius 2 is 2.26 bits per heavy atom. The number of rotatable bonds is 7. The molecule has 1 atom stereocenters. The van der Waals surface area contributed by atoms with Crippen molar-refractivity contribution in [3.63, 3.8) is 0 Å². The van der Waals surface area contributed by atoms with Gasteiger partial charge in [-0.2, -0.15) is 0 Å². The number of carboxylic acid groups (broad SMARTS) is 1. The predicted molar refractivity (Wildman–Crippen MR) is 67.3 cm³/mol. The van der Waals surface area contributed by atoms with Crippen LogP contribution >= 0.6 is 0 Å². The summed E-state index contributed by atoms with van der Waals surface area (Å²) in [5.41, 5.74) is -0.569. The fraction of sp³-hybridized carbons (Fsp3) is 0.455. The minimum atomic E-state index is -1.26. The predicted octanol–water partition coefficient (Wildman–Crippen LogP) is 1.26. The minimum Gasteiger partial charge on any atom is -0.477 e. The Balaban J connectivity index is 2.85. The highest BCUT2D eigenvalue weighted by molar-refractivity contribution is 5.86. The van der Waals surface area contributed by atoms with E-state index in [-0.39, 0.29) is 23.7 Å². The number of carbonyl (C=O) groups is 1. The summed E-state index contributed by atoms with van der Waals surface area (Å²) in [7, 11) is 0. The molecule has 0 spiro atoms. The number of aliphatic hydroxyl groups is 1. The molecule has 3 N–H and O–H groups in total. The number of carboxylic acids is 1. The van der Waals surface area contributed by atoms with Crippen molar-refractivity contribution in [2.24, 2.45) is 0 Å². The van der Waals surface area contributed by atoms with Gasteiger partial charge in [-0.25, -0.2) is 9.78 Å². The van der Waals surface area contributed by atoms with Crippen LogP contribution in [0.5, 0.6) is 0 Å². The zero-order valence-corrected chi connectivity index (χ0v) is 10.4. The van der Waals surface area contributed by atoms with Gasteiger partial charge >= 0.3 is 11.7 Å². The zero-order valence-electron chi connectivity index (χ0n) is 10.4. The third-order valence-electron chi connectivity index (χ3n) is 2.53. The van der Waals surface area contributed by atoms with Gasteiger partial charge < -0.3 is 15.5 Å². The van der Waals surface area contributed by atoms with E-state index in [4.69, 9.17) is 5.11 Å². The normalized spacial score (nSPS) is 11.9. The van der Waals surface area contributed by atoms with E-state index in [1.807, 2.05) is 6.92 Å². The van der Waals surface area contributed by atoms with Crippen molar-refractivity contribution in [1.29, 1.82) is 0 Å². The Kier molecular flexibility index (Phi) is 5.19. The highest BCUT2D eigenvalue weighted by Gasteiger charge is 2.18. The topological polar surface area (TPSA) is 126 Å². The van der Waals surface area contributed by atoms with Crippen molar-refractivity contribution >= 4 is 17.5 Å². The molecule has 19 heavy (non-hydrogen) atoms. The summed E-state index contributed by atoms with van der Waals surface area (Å²) >= 11 is 0. The molecule has 0 bridgehead atoms. The second kappa shape index (κ2) is 6.64. The van der Waals surface area contributed by atoms with Crippen molar-refractivity contribution in [3.05, 3.63) is 27.9 Å². The Labute approximate surface area is 109 Å². The minimum absolute atomic E-state index is 0.104. The number of aliphatic hydroxyl groups excluding tert-OH is 1. The van der Waals surface area contributed by atoms with Crippen molar-refractivity contribution in [1.82, 2.24) is 4.98 Å². The Hall–Kier alpha value is -2.22. The summed E-state index contributed by atoms with van der Waals surface area (Å²) in [5.74, 6) is -1.36. The monoisotopic (exact) mass is 269 g/mol. The summed E-state index contributed by atoms with van der Waals surface area (Å²) in [6.07, 6.45) is 0.466. The molecular weight excluding hydrogens is 254 g/mol. The molecule has 0 radical (unpaired) electrons. The van der Waals surface area contributed by atoms with Crippen LogP contribution in [0, 0.1) is 10.1 Å². The van der Waals surface area contributed by atoms with Crippen LogP contribution in [0.2, 0.25) is 0 Å². The number of nitrogens with zero attached hydrogens (tertiary/aromatic N) is 2. The molecule has 1 heterocycles. The molecule has 8 nitrogen and oxygen atoms in total. The lowest BCUT2D eigenvalue weighted by atomic mass is 10.2. The van der Waals surface area contributed by atoms with Gasteiger partial charge in [0.1, 0.15) is 0 Å². The van der Waals surface area contributed by atoms with Crippen LogP contribution in [-0.2, 0) is 0 Å². The van der Waals surface area contributed by atoms with Crippen LogP contribution in [0.1, 0.15) is 30.3 Å². The van der Waals surface area contributed by atoms with E-state index in [9.17, 15) is 20.0 Å². The van der Waals surface area contributed by atoms with Crippen LogP contribution in [0.4, 0.5) is 11.5 Å². The van der Waals surface area contributed by atoms with Gasteiger partial charge in [0.2, 0.25) is 5.82 Å². The average molecular weight is 269 g/mol. The number of pyridine rings is 1. The number of aromatic carboxylic acids is 1. The van der Waals surface area contributed by atoms with Crippen LogP contribution in [0.3, 0.4) is 0 Å². The lowest BCUT2D eigenvalue weighted by Gasteiger charge is -2.09. The third-order valence-corrected chi connectivity index (χ3v) is 2.53. The largest absolute Gasteiger partial charge is 0.477 e. The number of nitrogens with one attached hydrogen (secondary N) is 1. The molecule has 0 aromatic carbocycles. The van der Waals surface area contributed by atoms with E-state index >= 15 is 0 Å². The van der Waals surface area contributed by atoms with Crippen molar-refractivity contribution in [2.45, 2.75) is 25.9 Å². The Morgan fingerprint density at radius 1 is 1.58 bits per heavy atom. The maximum absolute atomic E-state index is 10.8. The van der Waals surface area contributed by atoms with E-state index in [0.717, 1.165) is 12.1 Å². The first-order chi connectivity index (χ1) is 8.95. The van der Waals surface area contributed by atoms with Gasteiger partial charge in [-0.15, -0.1) is 0 Å². The standard InChI is InChI=1S/C11H15N3O5/c1-2-7(15)5-6-12-10-9(14(18)19)4-3-8(13-10)11(16)17/h3-4,7,15H,2,5-6H2,1H3,(H,12,13)(H,16,17). The summed E-state index contributed by atoms with van der Waals surface area (Å²) in [6, 6.07) is 2.17. The lowest BCUT2D eigenvalue weighted by Crippen LogP contribution is -2.14. The smallest absolute Gasteiger partial charge is 0.354 e. The molecule has 1 rings (SSSR count). The summed E-state index contributed by atoms with van der Waals surface area (Å²) in [6.45, 7) is 2.09. The number of hydrogen-bond acceptors (Lipinski definition) is 6. The van der Waals surface area contributed by atoms with E-state index in [1.165, 1.54) is 0 Å². The first kappa shape index (κ1) is 14.8. The molecule has 0 fully saturated rings. The van der Waals surface area contributed by atoms with Gasteiger partial charge in [-0.1, -0.05) is 6.92 Å². The van der Waals surface area contributed by atoms with Crippen molar-refractivity contribution in [3.8, 4) is 0 Å². The van der Waals surface area contributed by atoms with Gasteiger partial charge in [-0.05, 0) is 18.9 Å². The molecular formula is C11H15N3O5. The van der Waals surface area contributed by atoms with E-state index in [0.29, 0.717) is 12.8 Å². The molecule has 0 saturated heterocycles. The van der Waals surface area contributed by atoms with Crippen LogP contribution in [-0.4, -0.2) is 38.7 Å². The van der Waals surface area contributed by atoms with Crippen LogP contribution in [0.15, 0.2) is 12.1 Å². The van der Waals surface area contributed by atoms with Gasteiger partial charge in [0.15, 0.2) is 5.69 Å². The van der Waals surface area contributed by atoms with Crippen molar-refractivity contribution < 1.29 is 19.9 Å². The summed E-state index contributed by atoms with van der Waals surface area (Å²) in [4.78, 5) is 24.6. The fourth-order valence-corrected chi connectivity index (χ4v) is 1.41. The van der Waals surface area contributed by atoms with Gasteiger partial charge in [0, 0.05) is 12.6 Å². The van der Waals surface area contributed by atoms with E-state index in [2.05, 4.69) is 10.3 Å². The zero-order chi connectivity index (χ0) is 14.4. The Morgan fingerprint density at radius 3 is 2.79 bits per heavy atom. The second-order valence-corrected chi connectivity index (χ2v) is 3.90. The first-order valence-electron chi connectivity index (χ1n) is 5.76. The number of anilines is 1. The Bertz CT molecular complexity index is 477. The molecule has 104 valence electrons. The summed E-state index contributed by atoms with van der Waals surface area (Å²) in [5, 5.41) is 31.6. The van der Waals surface area contributed by atoms with Crippen molar-refractivity contribution in [2.75, 3.05) is 11.9 Å². The van der Waals surface area contributed by atoms with Gasteiger partial charge in [0.25, 0.3) is 0 Å². The molecule has 8 heteroatoms. The number of hydrogen-bond donors (Lipinski definition) is 3. The molecule has 0 aliphatic heterocycles. The summed E-state index contributed by atoms with van der Waals surface area (Å²) < 4.78 is 0. The number of nitro groups is 1. The SMILES string of the molecule is CCC(O)CCNc1nc(C(=O)O)ccc1[N+](=O)[O-]. The molecule has 1 aromatic rings. The first-order valence-corrected chi connectivity index (χ1v) is 5.76. The second-order valence-electron chi connectivity index (χ2n) is 3.90. The molecule has 1 unspecified atom stereocenters. The highest BCUT2D eigenvalue weighted by Crippen LogP contribution is 2.22. The molecule has 1 aromatic heterocycles. The maximum atomic E-state index is 10.8. The molecule has 0 amide bonds. The molecule has 0 aliphatic rings. The quantitative estimate of drug-likeness (QED) is 0.502. The van der Waals surface area contributed by atoms with Gasteiger partial charge in [-0.3, -0.25) is 10.1 Å². The molecule has 0 aliphatic carbocycles. The van der Waals surface area contributed by atoms with Crippen LogP contribution in [0.25, 0.3) is 0 Å². The maximum Gasteiger partial charge on any atom is 0.354 e. The lowest BCUT2D eigenvalue weighted by molar-refractivity contribution is -0.384. The fourth-order valence-electron chi connectivity index (χ4n) is 1.41. The third kappa shape index (κ3) is 4.18. The van der Waals surface area contributed by atoms with E-state index in [1.54, 1.807) is 0 Å². The average Bonchev–Trinajstić information content (AvgIpc) is 2.37. The molecule has 0 saturated carbocycles. The van der Waals surface area contributed by atoms with E-state index < -0.39 is 17.0 Å². The highest BCUT2D eigenvalue weighted by atomic mass is 16.6. The van der Waals surface area contributed by atoms with Crippen LogP contribution < -0.4 is 5.32 Å².